The van der Waals surface area contributed by atoms with Crippen LogP contribution in [0.5, 0.6) is 11.5 Å². The first-order valence-electron chi connectivity index (χ1n) is 8.25. The number of carbonyl (C=O) groups is 2. The minimum Gasteiger partial charge on any atom is -0.508 e. The molecule has 2 aliphatic heterocycles. The van der Waals surface area contributed by atoms with E-state index in [0.717, 1.165) is 5.56 Å². The van der Waals surface area contributed by atoms with E-state index >= 15 is 0 Å². The van der Waals surface area contributed by atoms with E-state index < -0.39 is 17.2 Å². The maximum atomic E-state index is 13.4. The summed E-state index contributed by atoms with van der Waals surface area (Å²) in [4.78, 5) is 26.4. The second kappa shape index (κ2) is 4.64. The molecule has 1 aliphatic carbocycles. The molecule has 0 saturated heterocycles. The van der Waals surface area contributed by atoms with Gasteiger partial charge in [0, 0.05) is 23.3 Å². The van der Waals surface area contributed by atoms with Gasteiger partial charge >= 0.3 is 0 Å². The Morgan fingerprint density at radius 1 is 1.04 bits per heavy atom. The summed E-state index contributed by atoms with van der Waals surface area (Å²) in [6.07, 6.45) is 3.20. The molecular formula is C21H14O5. The zero-order valence-electron chi connectivity index (χ0n) is 14.1. The third-order valence-corrected chi connectivity index (χ3v) is 5.06. The molecule has 5 nitrogen and oxygen atoms in total. The van der Waals surface area contributed by atoms with Gasteiger partial charge in [0.05, 0.1) is 5.56 Å². The number of phenolic OH excluding ortho intramolecular Hbond substituents is 1. The monoisotopic (exact) mass is 346 g/mol. The minimum absolute atomic E-state index is 0.0115. The molecule has 0 fully saturated rings. The Hall–Kier alpha value is -3.34. The Labute approximate surface area is 149 Å². The fraction of sp³-hybridized carbons (Fsp3) is 0.143. The number of ketones is 2. The van der Waals surface area contributed by atoms with Crippen molar-refractivity contribution < 1.29 is 24.2 Å². The molecule has 1 spiro atoms. The summed E-state index contributed by atoms with van der Waals surface area (Å²) >= 11 is 0. The van der Waals surface area contributed by atoms with Gasteiger partial charge in [0.1, 0.15) is 23.0 Å². The Morgan fingerprint density at radius 2 is 1.85 bits per heavy atom. The quantitative estimate of drug-likeness (QED) is 0.739. The highest BCUT2D eigenvalue weighted by Crippen LogP contribution is 2.50. The summed E-state index contributed by atoms with van der Waals surface area (Å²) in [5, 5.41) is 9.86. The number of ether oxygens (including phenoxy) is 2. The molecule has 1 atom stereocenters. The zero-order chi connectivity index (χ0) is 18.2. The highest BCUT2D eigenvalue weighted by atomic mass is 16.5. The second-order valence-electron chi connectivity index (χ2n) is 6.75. The van der Waals surface area contributed by atoms with E-state index in [1.807, 2.05) is 19.1 Å². The average molecular weight is 346 g/mol. The number of fused-ring (bicyclic) bond motifs is 2. The van der Waals surface area contributed by atoms with Crippen LogP contribution in [0.3, 0.4) is 0 Å². The summed E-state index contributed by atoms with van der Waals surface area (Å²) in [5.41, 5.74) is 1.17. The molecular weight excluding hydrogens is 332 g/mol. The van der Waals surface area contributed by atoms with Crippen LogP contribution >= 0.6 is 0 Å². The van der Waals surface area contributed by atoms with Gasteiger partial charge in [-0.3, -0.25) is 9.59 Å². The summed E-state index contributed by atoms with van der Waals surface area (Å²) < 4.78 is 11.7. The topological polar surface area (TPSA) is 72.8 Å². The number of hydrogen-bond donors (Lipinski definition) is 1. The molecule has 2 aromatic rings. The molecule has 2 aromatic carbocycles. The highest BCUT2D eigenvalue weighted by molar-refractivity contribution is 6.27. The Bertz CT molecular complexity index is 1110. The van der Waals surface area contributed by atoms with E-state index in [2.05, 4.69) is 0 Å². The number of Topliss-reactive ketones (excluding diaryl/α,β-unsaturated/α-hetero) is 1. The van der Waals surface area contributed by atoms with Crippen molar-refractivity contribution in [2.45, 2.75) is 19.4 Å². The van der Waals surface area contributed by atoms with Crippen molar-refractivity contribution >= 4 is 23.4 Å². The Morgan fingerprint density at radius 3 is 2.65 bits per heavy atom. The normalized spacial score (nSPS) is 22.2. The van der Waals surface area contributed by atoms with Crippen LogP contribution in [0.1, 0.15) is 39.5 Å². The molecule has 0 radical (unpaired) electrons. The number of benzene rings is 2. The molecule has 1 N–H and O–H groups in total. The number of rotatable bonds is 0. The van der Waals surface area contributed by atoms with Crippen LogP contribution in [0, 0.1) is 6.92 Å². The first kappa shape index (κ1) is 15.0. The maximum Gasteiger partial charge on any atom is 0.259 e. The van der Waals surface area contributed by atoms with Crippen molar-refractivity contribution in [3.8, 4) is 11.5 Å². The lowest BCUT2D eigenvalue weighted by atomic mass is 9.75. The van der Waals surface area contributed by atoms with Crippen molar-refractivity contribution in [2.24, 2.45) is 0 Å². The van der Waals surface area contributed by atoms with Gasteiger partial charge in [-0.25, -0.2) is 0 Å². The highest BCUT2D eigenvalue weighted by Gasteiger charge is 2.58. The fourth-order valence-electron chi connectivity index (χ4n) is 4.02. The largest absolute Gasteiger partial charge is 0.508 e. The molecule has 1 unspecified atom stereocenters. The minimum atomic E-state index is -1.77. The number of allylic oxidation sites excluding steroid dienone is 1. The van der Waals surface area contributed by atoms with E-state index in [1.165, 1.54) is 18.2 Å². The van der Waals surface area contributed by atoms with Gasteiger partial charge < -0.3 is 14.6 Å². The van der Waals surface area contributed by atoms with E-state index in [9.17, 15) is 14.7 Å². The molecule has 0 aromatic heterocycles. The van der Waals surface area contributed by atoms with Crippen LogP contribution in [0.4, 0.5) is 0 Å². The smallest absolute Gasteiger partial charge is 0.259 e. The SMILES string of the molecule is CC1=Cc2cccc3c2C(=CC(=O)C32Oc3cc(O)cc(C)c3C2=O)O1. The van der Waals surface area contributed by atoms with Gasteiger partial charge in [0.15, 0.2) is 0 Å². The van der Waals surface area contributed by atoms with Crippen LogP contribution in [0.2, 0.25) is 0 Å². The number of aromatic hydroxyl groups is 1. The third-order valence-electron chi connectivity index (χ3n) is 5.06. The average Bonchev–Trinajstić information content (AvgIpc) is 2.86. The molecule has 0 bridgehead atoms. The van der Waals surface area contributed by atoms with Crippen LogP contribution in [-0.2, 0) is 15.1 Å². The fourth-order valence-corrected chi connectivity index (χ4v) is 4.02. The Balaban J connectivity index is 1.82. The lowest BCUT2D eigenvalue weighted by molar-refractivity contribution is -0.126. The van der Waals surface area contributed by atoms with E-state index in [1.54, 1.807) is 19.1 Å². The van der Waals surface area contributed by atoms with Gasteiger partial charge in [-0.1, -0.05) is 18.2 Å². The zero-order valence-corrected chi connectivity index (χ0v) is 14.1. The van der Waals surface area contributed by atoms with Crippen LogP contribution in [-0.4, -0.2) is 16.7 Å². The van der Waals surface area contributed by atoms with Gasteiger partial charge in [-0.2, -0.15) is 0 Å². The predicted molar refractivity (Wildman–Crippen MR) is 93.6 cm³/mol. The predicted octanol–water partition coefficient (Wildman–Crippen LogP) is 3.49. The van der Waals surface area contributed by atoms with Crippen molar-refractivity contribution in [2.75, 3.05) is 0 Å². The molecule has 3 aliphatic rings. The number of carbonyl (C=O) groups excluding carboxylic acids is 2. The van der Waals surface area contributed by atoms with E-state index in [4.69, 9.17) is 9.47 Å². The number of phenols is 1. The Kier molecular flexibility index (Phi) is 2.67. The summed E-state index contributed by atoms with van der Waals surface area (Å²) in [5.74, 6) is 0.420. The van der Waals surface area contributed by atoms with Crippen LogP contribution in [0.15, 0.2) is 42.2 Å². The third kappa shape index (κ3) is 1.65. The number of aryl methyl sites for hydroxylation is 1. The van der Waals surface area contributed by atoms with Gasteiger partial charge in [0.2, 0.25) is 11.6 Å². The summed E-state index contributed by atoms with van der Waals surface area (Å²) in [6, 6.07) is 8.29. The van der Waals surface area contributed by atoms with E-state index in [0.29, 0.717) is 33.8 Å². The maximum absolute atomic E-state index is 13.4. The molecule has 128 valence electrons. The van der Waals surface area contributed by atoms with Crippen molar-refractivity contribution in [3.05, 3.63) is 70.0 Å². The van der Waals surface area contributed by atoms with E-state index in [-0.39, 0.29) is 11.5 Å². The molecule has 0 amide bonds. The molecule has 26 heavy (non-hydrogen) atoms. The van der Waals surface area contributed by atoms with Gasteiger partial charge in [0.25, 0.3) is 5.60 Å². The number of hydrogen-bond acceptors (Lipinski definition) is 5. The summed E-state index contributed by atoms with van der Waals surface area (Å²) in [6.45, 7) is 3.52. The lowest BCUT2D eigenvalue weighted by Gasteiger charge is -2.33. The molecule has 2 heterocycles. The first-order chi connectivity index (χ1) is 12.4. The van der Waals surface area contributed by atoms with Crippen LogP contribution < -0.4 is 4.74 Å². The van der Waals surface area contributed by atoms with Crippen molar-refractivity contribution in [1.29, 1.82) is 0 Å². The molecule has 5 rings (SSSR count). The van der Waals surface area contributed by atoms with Crippen molar-refractivity contribution in [3.63, 3.8) is 0 Å². The standard InChI is InChI=1S/C21H14O5/c1-10-6-13(22)8-16-18(10)20(24)21(26-16)14-5-3-4-12-7-11(2)25-15(19(12)14)9-17(21)23/h3-9,22H,1-2H3. The molecule has 0 saturated carbocycles. The van der Waals surface area contributed by atoms with Gasteiger partial charge in [-0.15, -0.1) is 0 Å². The summed E-state index contributed by atoms with van der Waals surface area (Å²) in [7, 11) is 0. The second-order valence-corrected chi connectivity index (χ2v) is 6.75. The van der Waals surface area contributed by atoms with Gasteiger partial charge in [-0.05, 0) is 37.1 Å². The molecule has 5 heteroatoms. The lowest BCUT2D eigenvalue weighted by Crippen LogP contribution is -2.47. The van der Waals surface area contributed by atoms with Crippen LogP contribution in [0.25, 0.3) is 11.8 Å². The van der Waals surface area contributed by atoms with Crippen molar-refractivity contribution in [1.82, 2.24) is 0 Å². The first-order valence-corrected chi connectivity index (χ1v) is 8.25.